The normalized spacial score (nSPS) is 22.9. The summed E-state index contributed by atoms with van der Waals surface area (Å²) in [4.78, 5) is 13.4. The van der Waals surface area contributed by atoms with Gasteiger partial charge in [0.1, 0.15) is 11.5 Å². The minimum atomic E-state index is -1.34. The van der Waals surface area contributed by atoms with Gasteiger partial charge in [0.2, 0.25) is 0 Å². The lowest BCUT2D eigenvalue weighted by Crippen LogP contribution is -2.55. The zero-order valence-electron chi connectivity index (χ0n) is 16.6. The number of nitrogens with zero attached hydrogens (tertiary/aromatic N) is 2. The first-order chi connectivity index (χ1) is 15.1. The van der Waals surface area contributed by atoms with E-state index in [1.807, 2.05) is 71.7 Å². The van der Waals surface area contributed by atoms with Gasteiger partial charge in [-0.1, -0.05) is 34.1 Å². The lowest BCUT2D eigenvalue weighted by molar-refractivity contribution is -0.161. The molecule has 1 spiro atoms. The third-order valence-electron chi connectivity index (χ3n) is 6.09. The van der Waals surface area contributed by atoms with Crippen LogP contribution in [0.2, 0.25) is 0 Å². The number of hydrogen-bond acceptors (Lipinski definition) is 5. The van der Waals surface area contributed by atoms with E-state index >= 15 is 0 Å². The van der Waals surface area contributed by atoms with Gasteiger partial charge >= 0.3 is 5.72 Å². The van der Waals surface area contributed by atoms with E-state index in [0.717, 1.165) is 38.3 Å². The maximum atomic E-state index is 13.4. The smallest absolute Gasteiger partial charge is 0.306 e. The average molecular weight is 476 g/mol. The summed E-state index contributed by atoms with van der Waals surface area (Å²) in [5.74, 6) is 1.26. The van der Waals surface area contributed by atoms with Gasteiger partial charge in [-0.15, -0.1) is 0 Å². The zero-order valence-corrected chi connectivity index (χ0v) is 18.2. The summed E-state index contributed by atoms with van der Waals surface area (Å²) in [5, 5.41) is 9.77. The lowest BCUT2D eigenvalue weighted by atomic mass is 9.92. The Labute approximate surface area is 187 Å². The second kappa shape index (κ2) is 6.59. The van der Waals surface area contributed by atoms with Crippen molar-refractivity contribution in [1.82, 2.24) is 5.01 Å². The van der Waals surface area contributed by atoms with E-state index in [2.05, 4.69) is 21.2 Å². The molecule has 3 aromatic rings. The highest BCUT2D eigenvalue weighted by Gasteiger charge is 2.60. The first kappa shape index (κ1) is 18.4. The van der Waals surface area contributed by atoms with Crippen molar-refractivity contribution >= 4 is 33.2 Å². The van der Waals surface area contributed by atoms with Crippen molar-refractivity contribution in [3.8, 4) is 11.5 Å². The number of amides is 1. The monoisotopic (exact) mass is 475 g/mol. The molecule has 0 unspecified atom stereocenters. The molecule has 1 amide bonds. The molecule has 3 aliphatic rings. The Bertz CT molecular complexity index is 1260. The minimum Gasteiger partial charge on any atom is -0.497 e. The summed E-state index contributed by atoms with van der Waals surface area (Å²) in [7, 11) is 1.65. The Morgan fingerprint density at radius 3 is 2.77 bits per heavy atom. The molecule has 0 aliphatic carbocycles. The molecule has 0 saturated heterocycles. The number of carbonyl (C=O) groups excluding carboxylic acids is 1. The van der Waals surface area contributed by atoms with Crippen LogP contribution in [0.3, 0.4) is 0 Å². The van der Waals surface area contributed by atoms with E-state index < -0.39 is 5.72 Å². The highest BCUT2D eigenvalue weighted by atomic mass is 79.9. The number of benzene rings is 3. The number of methoxy groups -OCH3 is 1. The molecule has 0 saturated carbocycles. The van der Waals surface area contributed by atoms with Crippen LogP contribution in [0.4, 0.5) is 5.69 Å². The number of para-hydroxylation sites is 1. The highest BCUT2D eigenvalue weighted by Crippen LogP contribution is 2.54. The van der Waals surface area contributed by atoms with Gasteiger partial charge in [0.15, 0.2) is 0 Å². The molecular weight excluding hydrogens is 458 g/mol. The quantitative estimate of drug-likeness (QED) is 0.577. The van der Waals surface area contributed by atoms with Gasteiger partial charge in [-0.05, 0) is 54.1 Å². The summed E-state index contributed by atoms with van der Waals surface area (Å²) in [5.41, 5.74) is 3.09. The summed E-state index contributed by atoms with van der Waals surface area (Å²) >= 11 is 3.57. The summed E-state index contributed by atoms with van der Waals surface area (Å²) in [6.07, 6.45) is 0.663. The molecule has 7 heteroatoms. The van der Waals surface area contributed by atoms with E-state index in [4.69, 9.17) is 14.6 Å². The van der Waals surface area contributed by atoms with E-state index in [0.29, 0.717) is 12.2 Å². The van der Waals surface area contributed by atoms with Gasteiger partial charge < -0.3 is 14.8 Å². The third-order valence-corrected chi connectivity index (χ3v) is 6.59. The number of fused-ring (bicyclic) bond motifs is 6. The number of hydrogen-bond donors (Lipinski definition) is 1. The van der Waals surface area contributed by atoms with Crippen LogP contribution in [-0.2, 0) is 10.5 Å². The van der Waals surface area contributed by atoms with Crippen LogP contribution >= 0.6 is 15.9 Å². The van der Waals surface area contributed by atoms with E-state index in [9.17, 15) is 4.79 Å². The van der Waals surface area contributed by atoms with Gasteiger partial charge in [-0.3, -0.25) is 4.79 Å². The molecule has 3 aromatic carbocycles. The molecule has 0 aromatic heterocycles. The number of nitrogens with one attached hydrogen (secondary N) is 1. The Morgan fingerprint density at radius 1 is 1.16 bits per heavy atom. The number of hydrazone groups is 1. The first-order valence-corrected chi connectivity index (χ1v) is 10.8. The molecule has 2 atom stereocenters. The van der Waals surface area contributed by atoms with Crippen molar-refractivity contribution in [2.24, 2.45) is 5.10 Å². The van der Waals surface area contributed by atoms with Crippen LogP contribution in [0.25, 0.3) is 0 Å². The van der Waals surface area contributed by atoms with Crippen LogP contribution in [0, 0.1) is 0 Å². The molecule has 31 heavy (non-hydrogen) atoms. The topological polar surface area (TPSA) is 63.2 Å². The van der Waals surface area contributed by atoms with Crippen molar-refractivity contribution in [1.29, 1.82) is 0 Å². The van der Waals surface area contributed by atoms with Crippen molar-refractivity contribution < 1.29 is 14.3 Å². The summed E-state index contributed by atoms with van der Waals surface area (Å²) < 4.78 is 12.7. The molecule has 0 bridgehead atoms. The molecule has 1 N–H and O–H groups in total. The predicted octanol–water partition coefficient (Wildman–Crippen LogP) is 4.81. The number of anilines is 1. The van der Waals surface area contributed by atoms with Crippen molar-refractivity contribution in [3.63, 3.8) is 0 Å². The molecule has 6 nitrogen and oxygen atoms in total. The summed E-state index contributed by atoms with van der Waals surface area (Å²) in [6, 6.07) is 21.2. The fourth-order valence-electron chi connectivity index (χ4n) is 4.63. The molecule has 3 heterocycles. The van der Waals surface area contributed by atoms with E-state index in [1.165, 1.54) is 0 Å². The lowest BCUT2D eigenvalue weighted by Gasteiger charge is -2.44. The van der Waals surface area contributed by atoms with Crippen molar-refractivity contribution in [2.75, 3.05) is 12.4 Å². The molecule has 154 valence electrons. The van der Waals surface area contributed by atoms with Gasteiger partial charge in [0.25, 0.3) is 5.91 Å². The standard InChI is InChI=1S/C24H18BrN3O3/c1-30-16-9-6-14(7-10-16)20-13-21-17-12-15(25)8-11-22(17)31-24(28(21)27-20)18-4-2-3-5-19(18)26-23(24)29/h2-12,21H,13H2,1H3,(H,26,29)/t21-,24+/m0/s1. The molecule has 0 radical (unpaired) electrons. The summed E-state index contributed by atoms with van der Waals surface area (Å²) in [6.45, 7) is 0. The van der Waals surface area contributed by atoms with Crippen LogP contribution < -0.4 is 14.8 Å². The van der Waals surface area contributed by atoms with Gasteiger partial charge in [0.05, 0.1) is 30.1 Å². The maximum absolute atomic E-state index is 13.4. The first-order valence-electron chi connectivity index (χ1n) is 10.0. The maximum Gasteiger partial charge on any atom is 0.306 e. The number of carbonyl (C=O) groups is 1. The number of halogens is 1. The second-order valence-electron chi connectivity index (χ2n) is 7.77. The Kier molecular flexibility index (Phi) is 3.92. The predicted molar refractivity (Wildman–Crippen MR) is 120 cm³/mol. The average Bonchev–Trinajstić information content (AvgIpc) is 3.36. The SMILES string of the molecule is COc1ccc(C2=NN3[C@@H](C2)c2cc(Br)ccc2O[C@]32C(=O)Nc3ccccc32)cc1. The van der Waals surface area contributed by atoms with Crippen LogP contribution in [0.15, 0.2) is 76.3 Å². The largest absolute Gasteiger partial charge is 0.497 e. The number of rotatable bonds is 2. The number of ether oxygens (including phenoxy) is 2. The van der Waals surface area contributed by atoms with Crippen LogP contribution in [-0.4, -0.2) is 23.7 Å². The van der Waals surface area contributed by atoms with E-state index in [-0.39, 0.29) is 11.9 Å². The zero-order chi connectivity index (χ0) is 21.2. The third kappa shape index (κ3) is 2.56. The van der Waals surface area contributed by atoms with Gasteiger partial charge in [0, 0.05) is 16.5 Å². The van der Waals surface area contributed by atoms with E-state index in [1.54, 1.807) is 7.11 Å². The molecule has 6 rings (SSSR count). The highest BCUT2D eigenvalue weighted by molar-refractivity contribution is 9.10. The fraction of sp³-hybridized carbons (Fsp3) is 0.167. The Morgan fingerprint density at radius 2 is 1.97 bits per heavy atom. The fourth-order valence-corrected chi connectivity index (χ4v) is 5.00. The van der Waals surface area contributed by atoms with Crippen LogP contribution in [0.5, 0.6) is 11.5 Å². The van der Waals surface area contributed by atoms with Crippen molar-refractivity contribution in [3.05, 3.63) is 87.9 Å². The second-order valence-corrected chi connectivity index (χ2v) is 8.68. The van der Waals surface area contributed by atoms with Crippen LogP contribution in [0.1, 0.15) is 29.2 Å². The van der Waals surface area contributed by atoms with Crippen molar-refractivity contribution in [2.45, 2.75) is 18.2 Å². The molecule has 3 aliphatic heterocycles. The Hall–Kier alpha value is -3.32. The van der Waals surface area contributed by atoms with Gasteiger partial charge in [-0.2, -0.15) is 5.10 Å². The minimum absolute atomic E-state index is 0.129. The Balaban J connectivity index is 1.54. The molecule has 0 fully saturated rings. The molecular formula is C24H18BrN3O3. The van der Waals surface area contributed by atoms with Gasteiger partial charge in [-0.25, -0.2) is 5.01 Å².